The Morgan fingerprint density at radius 1 is 1.00 bits per heavy atom. The van der Waals surface area contributed by atoms with E-state index in [0.717, 1.165) is 39.3 Å². The molecule has 9 heteroatoms. The molecule has 0 N–H and O–H groups in total. The van der Waals surface area contributed by atoms with Gasteiger partial charge in [0, 0.05) is 47.6 Å². The highest BCUT2D eigenvalue weighted by Gasteiger charge is 2.22. The van der Waals surface area contributed by atoms with Gasteiger partial charge in [0.25, 0.3) is 10.1 Å². The Hall–Kier alpha value is -4.00. The summed E-state index contributed by atoms with van der Waals surface area (Å²) in [6.45, 7) is 11.1. The number of hydrogen-bond donors (Lipinski definition) is 0. The molecule has 0 fully saturated rings. The van der Waals surface area contributed by atoms with Gasteiger partial charge in [0.2, 0.25) is 5.91 Å². The number of likely N-dealkylation sites (N-methyl/N-ethyl adjacent to an activating group) is 1. The van der Waals surface area contributed by atoms with Gasteiger partial charge in [-0.3, -0.25) is 8.98 Å². The number of carbonyl (C=O) groups excluding carboxylic acids is 1. The van der Waals surface area contributed by atoms with Gasteiger partial charge in [-0.05, 0) is 71.4 Å². The monoisotopic (exact) mass is 572 g/mol. The minimum absolute atomic E-state index is 0.0465. The van der Waals surface area contributed by atoms with Crippen molar-refractivity contribution in [2.24, 2.45) is 0 Å². The molecule has 2 aromatic heterocycles. The van der Waals surface area contributed by atoms with Gasteiger partial charge in [-0.15, -0.1) is 0 Å². The molecule has 0 atom stereocenters. The molecular weight excluding hydrogens is 536 g/mol. The lowest BCUT2D eigenvalue weighted by Crippen LogP contribution is -2.31. The second-order valence-electron chi connectivity index (χ2n) is 9.92. The first-order valence-electron chi connectivity index (χ1n) is 13.8. The molecular formula is C32H36N4O4S. The van der Waals surface area contributed by atoms with Crippen LogP contribution >= 0.6 is 0 Å². The van der Waals surface area contributed by atoms with Gasteiger partial charge in [-0.2, -0.15) is 13.5 Å². The molecule has 4 rings (SSSR count). The number of aromatic nitrogens is 3. The highest BCUT2D eigenvalue weighted by molar-refractivity contribution is 7.86. The molecule has 2 heterocycles. The Morgan fingerprint density at radius 3 is 2.34 bits per heavy atom. The zero-order valence-corrected chi connectivity index (χ0v) is 25.1. The van der Waals surface area contributed by atoms with Crippen LogP contribution in [0.25, 0.3) is 16.9 Å². The summed E-state index contributed by atoms with van der Waals surface area (Å²) >= 11 is 0. The fourth-order valence-corrected chi connectivity index (χ4v) is 5.52. The van der Waals surface area contributed by atoms with Gasteiger partial charge in [0.05, 0.1) is 23.6 Å². The molecule has 41 heavy (non-hydrogen) atoms. The van der Waals surface area contributed by atoms with Gasteiger partial charge < -0.3 is 4.90 Å². The zero-order valence-electron chi connectivity index (χ0n) is 24.3. The van der Waals surface area contributed by atoms with E-state index in [4.69, 9.17) is 14.3 Å². The van der Waals surface area contributed by atoms with Gasteiger partial charge in [-0.1, -0.05) is 41.7 Å². The smallest absolute Gasteiger partial charge is 0.296 e. The number of carbonyl (C=O) groups is 1. The van der Waals surface area contributed by atoms with Crippen LogP contribution < -0.4 is 0 Å². The second kappa shape index (κ2) is 13.1. The third-order valence-corrected chi connectivity index (χ3v) is 8.15. The summed E-state index contributed by atoms with van der Waals surface area (Å²) in [7, 11) is -3.77. The summed E-state index contributed by atoms with van der Waals surface area (Å²) in [6.07, 6.45) is 1.21. The van der Waals surface area contributed by atoms with Crippen molar-refractivity contribution in [3.63, 3.8) is 0 Å². The minimum atomic E-state index is -3.77. The van der Waals surface area contributed by atoms with Gasteiger partial charge in [0.15, 0.2) is 5.65 Å². The molecule has 8 nitrogen and oxygen atoms in total. The van der Waals surface area contributed by atoms with Gasteiger partial charge in [-0.25, -0.2) is 9.50 Å². The van der Waals surface area contributed by atoms with Crippen LogP contribution in [0.15, 0.2) is 59.5 Å². The summed E-state index contributed by atoms with van der Waals surface area (Å²) in [6, 6.07) is 16.3. The predicted molar refractivity (Wildman–Crippen MR) is 160 cm³/mol. The van der Waals surface area contributed by atoms with Crippen LogP contribution in [0.1, 0.15) is 54.8 Å². The van der Waals surface area contributed by atoms with Crippen LogP contribution in [-0.2, 0) is 25.5 Å². The largest absolute Gasteiger partial charge is 0.343 e. The number of fused-ring (bicyclic) bond motifs is 1. The minimum Gasteiger partial charge on any atom is -0.343 e. The lowest BCUT2D eigenvalue weighted by atomic mass is 10.0. The molecule has 4 aromatic rings. The lowest BCUT2D eigenvalue weighted by Gasteiger charge is -2.18. The van der Waals surface area contributed by atoms with Crippen LogP contribution in [-0.4, -0.2) is 53.5 Å². The molecule has 0 unspecified atom stereocenters. The highest BCUT2D eigenvalue weighted by Crippen LogP contribution is 2.28. The van der Waals surface area contributed by atoms with Crippen molar-refractivity contribution in [3.05, 3.63) is 82.7 Å². The number of hydrogen-bond acceptors (Lipinski definition) is 6. The summed E-state index contributed by atoms with van der Waals surface area (Å²) in [5, 5.41) is 4.84. The van der Waals surface area contributed by atoms with Crippen molar-refractivity contribution < 1.29 is 17.4 Å². The fraction of sp³-hybridized carbons (Fsp3) is 0.344. The maximum Gasteiger partial charge on any atom is 0.296 e. The topological polar surface area (TPSA) is 93.9 Å². The van der Waals surface area contributed by atoms with Crippen LogP contribution in [0.4, 0.5) is 0 Å². The zero-order chi connectivity index (χ0) is 29.6. The fourth-order valence-electron chi connectivity index (χ4n) is 4.58. The van der Waals surface area contributed by atoms with Crippen molar-refractivity contribution >= 4 is 21.7 Å². The number of benzene rings is 2. The van der Waals surface area contributed by atoms with Crippen molar-refractivity contribution in [1.29, 1.82) is 0 Å². The molecule has 0 radical (unpaired) electrons. The normalized spacial score (nSPS) is 11.3. The van der Waals surface area contributed by atoms with Crippen LogP contribution in [0, 0.1) is 32.6 Å². The maximum absolute atomic E-state index is 13.1. The van der Waals surface area contributed by atoms with E-state index in [1.165, 1.54) is 0 Å². The third-order valence-electron chi connectivity index (χ3n) is 6.82. The van der Waals surface area contributed by atoms with E-state index in [1.54, 1.807) is 24.3 Å². The molecule has 214 valence electrons. The average molecular weight is 573 g/mol. The van der Waals surface area contributed by atoms with Crippen LogP contribution in [0.3, 0.4) is 0 Å². The Labute approximate surface area is 242 Å². The Morgan fingerprint density at radius 2 is 1.68 bits per heavy atom. The molecule has 0 spiro atoms. The lowest BCUT2D eigenvalue weighted by molar-refractivity contribution is -0.130. The number of aryl methyl sites for hydroxylation is 3. The first kappa shape index (κ1) is 30.0. The molecule has 0 saturated carbocycles. The van der Waals surface area contributed by atoms with Crippen molar-refractivity contribution in [3.8, 4) is 23.1 Å². The standard InChI is InChI=1S/C32H36N4O4S/c1-6-35(7-2)30(37)22-29-31(34-36-25(5)21-24(4)33-32(29)36)27-16-14-26(15-17-27)11-9-8-10-20-40-41(38,39)28-18-12-23(3)13-19-28/h12-19,21H,6-8,10,20,22H2,1-5H3. The highest BCUT2D eigenvalue weighted by atomic mass is 32.2. The predicted octanol–water partition coefficient (Wildman–Crippen LogP) is 5.27. The molecule has 0 aliphatic carbocycles. The first-order valence-corrected chi connectivity index (χ1v) is 15.2. The molecule has 0 bridgehead atoms. The average Bonchev–Trinajstić information content (AvgIpc) is 3.30. The van der Waals surface area contributed by atoms with Crippen LogP contribution in [0.2, 0.25) is 0 Å². The molecule has 0 saturated heterocycles. The van der Waals surface area contributed by atoms with Crippen LogP contribution in [0.5, 0.6) is 0 Å². The Bertz CT molecular complexity index is 1690. The van der Waals surface area contributed by atoms with E-state index in [1.807, 2.05) is 74.4 Å². The SMILES string of the molecule is CCN(CC)C(=O)Cc1c(-c2ccc(C#CCCCOS(=O)(=O)c3ccc(C)cc3)cc2)nn2c(C)cc(C)nc12. The molecule has 2 aromatic carbocycles. The summed E-state index contributed by atoms with van der Waals surface area (Å²) in [5.41, 5.74) is 6.78. The molecule has 1 amide bonds. The molecule has 0 aliphatic heterocycles. The Balaban J connectivity index is 1.45. The maximum atomic E-state index is 13.1. The van der Waals surface area contributed by atoms with Gasteiger partial charge in [0.1, 0.15) is 0 Å². The summed E-state index contributed by atoms with van der Waals surface area (Å²) < 4.78 is 31.5. The van der Waals surface area contributed by atoms with E-state index in [9.17, 15) is 13.2 Å². The number of nitrogens with zero attached hydrogens (tertiary/aromatic N) is 4. The number of rotatable bonds is 10. The third kappa shape index (κ3) is 7.20. The van der Waals surface area contributed by atoms with E-state index in [2.05, 4.69) is 11.8 Å². The number of amides is 1. The number of unbranched alkanes of at least 4 members (excludes halogenated alkanes) is 1. The first-order chi connectivity index (χ1) is 19.6. The quantitative estimate of drug-likeness (QED) is 0.146. The van der Waals surface area contributed by atoms with Crippen molar-refractivity contribution in [2.45, 2.75) is 58.8 Å². The van der Waals surface area contributed by atoms with E-state index in [-0.39, 0.29) is 23.8 Å². The summed E-state index contributed by atoms with van der Waals surface area (Å²) in [4.78, 5) is 19.8. The van der Waals surface area contributed by atoms with Crippen molar-refractivity contribution in [1.82, 2.24) is 19.5 Å². The second-order valence-corrected chi connectivity index (χ2v) is 11.5. The van der Waals surface area contributed by atoms with Crippen molar-refractivity contribution in [2.75, 3.05) is 19.7 Å². The van der Waals surface area contributed by atoms with E-state index < -0.39 is 10.1 Å². The van der Waals surface area contributed by atoms with Gasteiger partial charge >= 0.3 is 0 Å². The van der Waals surface area contributed by atoms with E-state index in [0.29, 0.717) is 31.6 Å². The molecule has 0 aliphatic rings. The van der Waals surface area contributed by atoms with E-state index >= 15 is 0 Å². The summed E-state index contributed by atoms with van der Waals surface area (Å²) in [5.74, 6) is 6.26. The Kier molecular flexibility index (Phi) is 9.58.